The highest BCUT2D eigenvalue weighted by Gasteiger charge is 2.49. The maximum atomic E-state index is 12.8. The van der Waals surface area contributed by atoms with Crippen LogP contribution >= 0.6 is 11.6 Å². The third kappa shape index (κ3) is 2.95. The molecule has 2 aromatic rings. The smallest absolute Gasteiger partial charge is 0.269 e. The highest BCUT2D eigenvalue weighted by Crippen LogP contribution is 2.49. The van der Waals surface area contributed by atoms with Gasteiger partial charge in [0.2, 0.25) is 0 Å². The number of benzene rings is 1. The van der Waals surface area contributed by atoms with Gasteiger partial charge in [0.1, 0.15) is 5.82 Å². The second-order valence-electron chi connectivity index (χ2n) is 6.20. The molecule has 1 fully saturated rings. The maximum Gasteiger partial charge on any atom is 0.391 e. The molecule has 0 saturated heterocycles. The molecule has 0 bridgehead atoms. The molecule has 3 rings (SSSR count). The van der Waals surface area contributed by atoms with Crippen LogP contribution in [-0.4, -0.2) is 15.7 Å². The van der Waals surface area contributed by atoms with Crippen molar-refractivity contribution in [1.29, 1.82) is 0 Å². The van der Waals surface area contributed by atoms with Gasteiger partial charge in [-0.15, -0.1) is 0 Å². The third-order valence-corrected chi connectivity index (χ3v) is 4.88. The topological polar surface area (TPSA) is 34.9 Å². The number of aryl methyl sites for hydroxylation is 1. The van der Waals surface area contributed by atoms with Crippen molar-refractivity contribution in [2.45, 2.75) is 38.8 Å². The summed E-state index contributed by atoms with van der Waals surface area (Å²) in [6.45, 7) is 3.37. The monoisotopic (exact) mass is 356 g/mol. The van der Waals surface area contributed by atoms with E-state index >= 15 is 0 Å². The van der Waals surface area contributed by atoms with Crippen LogP contribution in [0.4, 0.5) is 13.2 Å². The van der Waals surface area contributed by atoms with Crippen LogP contribution in [0.15, 0.2) is 29.1 Å². The van der Waals surface area contributed by atoms with Gasteiger partial charge in [0, 0.05) is 22.2 Å². The van der Waals surface area contributed by atoms with E-state index in [9.17, 15) is 18.0 Å². The lowest BCUT2D eigenvalue weighted by molar-refractivity contribution is -0.198. The van der Waals surface area contributed by atoms with Gasteiger partial charge < -0.3 is 0 Å². The van der Waals surface area contributed by atoms with Crippen LogP contribution in [0.3, 0.4) is 0 Å². The fourth-order valence-electron chi connectivity index (χ4n) is 2.94. The summed E-state index contributed by atoms with van der Waals surface area (Å²) >= 11 is 5.88. The molecule has 1 aliphatic carbocycles. The largest absolute Gasteiger partial charge is 0.391 e. The van der Waals surface area contributed by atoms with Crippen LogP contribution in [0.5, 0.6) is 0 Å². The van der Waals surface area contributed by atoms with E-state index in [0.29, 0.717) is 27.8 Å². The summed E-state index contributed by atoms with van der Waals surface area (Å²) in [5, 5.41) is 0.519. The summed E-state index contributed by atoms with van der Waals surface area (Å²) in [7, 11) is 0. The predicted molar refractivity (Wildman–Crippen MR) is 85.8 cm³/mol. The van der Waals surface area contributed by atoms with Crippen LogP contribution in [0.1, 0.15) is 35.8 Å². The second-order valence-corrected chi connectivity index (χ2v) is 6.64. The van der Waals surface area contributed by atoms with E-state index in [2.05, 4.69) is 4.98 Å². The minimum absolute atomic E-state index is 0.0357. The zero-order valence-electron chi connectivity index (χ0n) is 13.2. The van der Waals surface area contributed by atoms with Gasteiger partial charge in [0.25, 0.3) is 5.56 Å². The summed E-state index contributed by atoms with van der Waals surface area (Å²) in [5.74, 6) is -1.30. The number of hydrogen-bond acceptors (Lipinski definition) is 2. The maximum absolute atomic E-state index is 12.8. The zero-order valence-corrected chi connectivity index (χ0v) is 13.9. The Hall–Kier alpha value is -1.82. The Bertz CT molecular complexity index is 821. The van der Waals surface area contributed by atoms with Crippen molar-refractivity contribution in [1.82, 2.24) is 9.55 Å². The Labute approximate surface area is 142 Å². The molecule has 7 heteroatoms. The molecule has 0 N–H and O–H groups in total. The first-order chi connectivity index (χ1) is 11.2. The number of rotatable bonds is 2. The third-order valence-electron chi connectivity index (χ3n) is 4.63. The van der Waals surface area contributed by atoms with Crippen molar-refractivity contribution in [2.75, 3.05) is 0 Å². The fourth-order valence-corrected chi connectivity index (χ4v) is 3.07. The zero-order chi connectivity index (χ0) is 17.6. The van der Waals surface area contributed by atoms with Gasteiger partial charge in [-0.2, -0.15) is 13.2 Å². The fraction of sp³-hybridized carbons (Fsp3) is 0.412. The van der Waals surface area contributed by atoms with Crippen LogP contribution in [-0.2, 0) is 0 Å². The van der Waals surface area contributed by atoms with E-state index in [1.54, 1.807) is 38.1 Å². The number of hydrogen-bond donors (Lipinski definition) is 0. The standard InChI is InChI=1S/C17H16ClF3N2O/c1-9-10(2)22-15(11-7-12(8-11)17(19,20)21)23(16(9)24)14-5-3-13(18)4-6-14/h3-6,11-12H,7-8H2,1-2H3. The summed E-state index contributed by atoms with van der Waals surface area (Å²) in [6.07, 6.45) is -4.26. The van der Waals surface area contributed by atoms with E-state index < -0.39 is 12.1 Å². The van der Waals surface area contributed by atoms with E-state index in [4.69, 9.17) is 11.6 Å². The Kier molecular flexibility index (Phi) is 4.20. The number of halogens is 4. The van der Waals surface area contributed by atoms with Crippen molar-refractivity contribution in [3.63, 3.8) is 0 Å². The van der Waals surface area contributed by atoms with Crippen molar-refractivity contribution in [2.24, 2.45) is 5.92 Å². The molecule has 128 valence electrons. The normalized spacial score (nSPS) is 20.8. The SMILES string of the molecule is Cc1nc(C2CC(C(F)(F)F)C2)n(-c2ccc(Cl)cc2)c(=O)c1C. The highest BCUT2D eigenvalue weighted by atomic mass is 35.5. The van der Waals surface area contributed by atoms with Gasteiger partial charge in [-0.05, 0) is 51.0 Å². The van der Waals surface area contributed by atoms with Gasteiger partial charge >= 0.3 is 6.18 Å². The van der Waals surface area contributed by atoms with Crippen LogP contribution in [0.2, 0.25) is 5.02 Å². The van der Waals surface area contributed by atoms with Crippen LogP contribution in [0, 0.1) is 19.8 Å². The molecule has 3 nitrogen and oxygen atoms in total. The lowest BCUT2D eigenvalue weighted by atomic mass is 9.73. The first-order valence-corrected chi connectivity index (χ1v) is 7.99. The van der Waals surface area contributed by atoms with Gasteiger partial charge in [-0.25, -0.2) is 4.98 Å². The minimum atomic E-state index is -4.19. The molecule has 1 aromatic heterocycles. The van der Waals surface area contributed by atoms with Crippen LogP contribution < -0.4 is 5.56 Å². The molecule has 24 heavy (non-hydrogen) atoms. The van der Waals surface area contributed by atoms with Crippen molar-refractivity contribution >= 4 is 11.6 Å². The second kappa shape index (κ2) is 5.92. The molecule has 0 unspecified atom stereocenters. The van der Waals surface area contributed by atoms with Crippen molar-refractivity contribution in [3.8, 4) is 5.69 Å². The molecule has 0 amide bonds. The summed E-state index contributed by atoms with van der Waals surface area (Å²) in [4.78, 5) is 17.1. The van der Waals surface area contributed by atoms with Crippen molar-refractivity contribution in [3.05, 3.63) is 56.7 Å². The Morgan fingerprint density at radius 3 is 2.29 bits per heavy atom. The van der Waals surface area contributed by atoms with Gasteiger partial charge in [-0.1, -0.05) is 11.6 Å². The Morgan fingerprint density at radius 1 is 1.17 bits per heavy atom. The number of alkyl halides is 3. The quantitative estimate of drug-likeness (QED) is 0.790. The molecule has 0 atom stereocenters. The molecule has 1 heterocycles. The predicted octanol–water partition coefficient (Wildman–Crippen LogP) is 4.56. The number of aromatic nitrogens is 2. The summed E-state index contributed by atoms with van der Waals surface area (Å²) < 4.78 is 39.7. The Balaban J connectivity index is 2.06. The minimum Gasteiger partial charge on any atom is -0.269 e. The van der Waals surface area contributed by atoms with Gasteiger partial charge in [0.05, 0.1) is 11.6 Å². The van der Waals surface area contributed by atoms with Crippen LogP contribution in [0.25, 0.3) is 5.69 Å². The lowest BCUT2D eigenvalue weighted by Crippen LogP contribution is -2.38. The van der Waals surface area contributed by atoms with E-state index in [1.807, 2.05) is 0 Å². The molecule has 0 radical (unpaired) electrons. The van der Waals surface area contributed by atoms with Gasteiger partial charge in [0.15, 0.2) is 0 Å². The van der Waals surface area contributed by atoms with Crippen molar-refractivity contribution < 1.29 is 13.2 Å². The molecule has 1 aromatic carbocycles. The molecular weight excluding hydrogens is 341 g/mol. The van der Waals surface area contributed by atoms with E-state index in [0.717, 1.165) is 0 Å². The first kappa shape index (κ1) is 17.0. The average molecular weight is 357 g/mol. The van der Waals surface area contributed by atoms with E-state index in [1.165, 1.54) is 4.57 Å². The summed E-state index contributed by atoms with van der Waals surface area (Å²) in [5.41, 5.74) is 1.34. The lowest BCUT2D eigenvalue weighted by Gasteiger charge is -2.37. The number of nitrogens with zero attached hydrogens (tertiary/aromatic N) is 2. The van der Waals surface area contributed by atoms with E-state index in [-0.39, 0.29) is 24.3 Å². The molecular formula is C17H16ClF3N2O. The summed E-state index contributed by atoms with van der Waals surface area (Å²) in [6, 6.07) is 6.62. The molecule has 1 saturated carbocycles. The highest BCUT2D eigenvalue weighted by molar-refractivity contribution is 6.30. The first-order valence-electron chi connectivity index (χ1n) is 7.61. The Morgan fingerprint density at radius 2 is 1.75 bits per heavy atom. The average Bonchev–Trinajstić information content (AvgIpc) is 2.43. The molecule has 0 aliphatic heterocycles. The van der Waals surface area contributed by atoms with Gasteiger partial charge in [-0.3, -0.25) is 9.36 Å². The molecule has 1 aliphatic rings. The molecule has 0 spiro atoms.